The van der Waals surface area contributed by atoms with Crippen LogP contribution in [-0.4, -0.2) is 27.3 Å². The number of carbonyl (C=O) groups is 1. The molecule has 1 atom stereocenters. The van der Waals surface area contributed by atoms with Gasteiger partial charge in [0, 0.05) is 23.6 Å². The summed E-state index contributed by atoms with van der Waals surface area (Å²) in [6.45, 7) is 0. The number of hydrogen-bond acceptors (Lipinski definition) is 5. The lowest BCUT2D eigenvalue weighted by Crippen LogP contribution is -2.12. The Balaban J connectivity index is 2.77. The third-order valence-corrected chi connectivity index (χ3v) is 3.35. The third kappa shape index (κ3) is 4.28. The van der Waals surface area contributed by atoms with Crippen molar-refractivity contribution in [3.63, 3.8) is 0 Å². The summed E-state index contributed by atoms with van der Waals surface area (Å²) in [4.78, 5) is 11.1. The summed E-state index contributed by atoms with van der Waals surface area (Å²) in [7, 11) is 4.47. The first-order valence-corrected chi connectivity index (χ1v) is 6.65. The molecular weight excluding hydrogens is 282 g/mol. The number of rotatable bonds is 7. The maximum atomic E-state index is 11.1. The first kappa shape index (κ1) is 16.6. The van der Waals surface area contributed by atoms with E-state index < -0.39 is 0 Å². The lowest BCUT2D eigenvalue weighted by atomic mass is 10.0. The van der Waals surface area contributed by atoms with Crippen LogP contribution in [-0.2, 0) is 9.53 Å². The monoisotopic (exact) mass is 301 g/mol. The lowest BCUT2D eigenvalue weighted by molar-refractivity contribution is -0.140. The lowest BCUT2D eigenvalue weighted by Gasteiger charge is -2.16. The number of esters is 1. The molecule has 0 aromatic heterocycles. The minimum absolute atomic E-state index is 0.240. The van der Waals surface area contributed by atoms with Crippen LogP contribution in [0.3, 0.4) is 0 Å². The maximum absolute atomic E-state index is 11.1. The molecule has 1 aromatic rings. The molecule has 2 N–H and O–H groups in total. The van der Waals surface area contributed by atoms with Crippen LogP contribution >= 0.6 is 11.6 Å². The van der Waals surface area contributed by atoms with Crippen molar-refractivity contribution in [2.45, 2.75) is 25.3 Å². The molecule has 0 bridgehead atoms. The van der Waals surface area contributed by atoms with Crippen LogP contribution in [0, 0.1) is 0 Å². The predicted molar refractivity (Wildman–Crippen MR) is 77.4 cm³/mol. The molecule has 0 fully saturated rings. The molecule has 5 nitrogen and oxygen atoms in total. The molecule has 0 saturated carbocycles. The Kier molecular flexibility index (Phi) is 6.61. The summed E-state index contributed by atoms with van der Waals surface area (Å²) >= 11 is 6.19. The molecule has 0 saturated heterocycles. The Morgan fingerprint density at radius 1 is 1.25 bits per heavy atom. The summed E-state index contributed by atoms with van der Waals surface area (Å²) in [6, 6.07) is 3.17. The largest absolute Gasteiger partial charge is 0.493 e. The zero-order valence-electron chi connectivity index (χ0n) is 11.9. The van der Waals surface area contributed by atoms with Gasteiger partial charge < -0.3 is 19.9 Å². The van der Waals surface area contributed by atoms with E-state index in [1.54, 1.807) is 26.4 Å². The zero-order chi connectivity index (χ0) is 15.1. The van der Waals surface area contributed by atoms with E-state index in [4.69, 9.17) is 26.8 Å². The number of nitrogens with two attached hydrogens (primary N) is 1. The van der Waals surface area contributed by atoms with Crippen LogP contribution in [0.4, 0.5) is 0 Å². The van der Waals surface area contributed by atoms with Gasteiger partial charge in [-0.2, -0.15) is 0 Å². The molecule has 0 aliphatic carbocycles. The third-order valence-electron chi connectivity index (χ3n) is 3.03. The number of hydrogen-bond donors (Lipinski definition) is 1. The van der Waals surface area contributed by atoms with Crippen LogP contribution in [0.15, 0.2) is 12.1 Å². The topological polar surface area (TPSA) is 70.8 Å². The molecule has 0 heterocycles. The van der Waals surface area contributed by atoms with E-state index in [0.29, 0.717) is 35.8 Å². The Morgan fingerprint density at radius 2 is 1.85 bits per heavy atom. The van der Waals surface area contributed by atoms with E-state index in [1.807, 2.05) is 0 Å². The van der Waals surface area contributed by atoms with Gasteiger partial charge in [0.15, 0.2) is 11.5 Å². The summed E-state index contributed by atoms with van der Waals surface area (Å²) in [5, 5.41) is 0.521. The second kappa shape index (κ2) is 7.97. The second-order valence-corrected chi connectivity index (χ2v) is 4.71. The minimum Gasteiger partial charge on any atom is -0.493 e. The highest BCUT2D eigenvalue weighted by Crippen LogP contribution is 2.36. The van der Waals surface area contributed by atoms with Crippen LogP contribution in [0.2, 0.25) is 5.02 Å². The van der Waals surface area contributed by atoms with Gasteiger partial charge >= 0.3 is 5.97 Å². The Labute approximate surface area is 123 Å². The minimum atomic E-state index is -0.271. The molecule has 6 heteroatoms. The van der Waals surface area contributed by atoms with Gasteiger partial charge in [0.05, 0.1) is 21.3 Å². The van der Waals surface area contributed by atoms with Crippen molar-refractivity contribution in [1.29, 1.82) is 0 Å². The summed E-state index contributed by atoms with van der Waals surface area (Å²) in [5.41, 5.74) is 6.88. The van der Waals surface area contributed by atoms with Gasteiger partial charge in [0.1, 0.15) is 0 Å². The van der Waals surface area contributed by atoms with Crippen molar-refractivity contribution in [3.05, 3.63) is 22.7 Å². The molecule has 0 aliphatic heterocycles. The van der Waals surface area contributed by atoms with Crippen LogP contribution in [0.25, 0.3) is 0 Å². The average Bonchev–Trinajstić information content (AvgIpc) is 2.46. The molecule has 0 radical (unpaired) electrons. The van der Waals surface area contributed by atoms with Gasteiger partial charge in [0.25, 0.3) is 0 Å². The standard InChI is InChI=1S/C14H20ClNO4/c1-18-12-7-9(10(15)8-13(12)19-2)11(16)5-4-6-14(17)20-3/h7-8,11H,4-6,16H2,1-3H3. The van der Waals surface area contributed by atoms with Crippen molar-refractivity contribution in [1.82, 2.24) is 0 Å². The number of carbonyl (C=O) groups excluding carboxylic acids is 1. The van der Waals surface area contributed by atoms with Gasteiger partial charge in [-0.25, -0.2) is 0 Å². The first-order valence-electron chi connectivity index (χ1n) is 6.27. The van der Waals surface area contributed by atoms with E-state index in [2.05, 4.69) is 4.74 Å². The number of ether oxygens (including phenoxy) is 3. The fourth-order valence-electron chi connectivity index (χ4n) is 1.88. The SMILES string of the molecule is COC(=O)CCCC(N)c1cc(OC)c(OC)cc1Cl. The first-order chi connectivity index (χ1) is 9.53. The van der Waals surface area contributed by atoms with Gasteiger partial charge in [-0.1, -0.05) is 11.6 Å². The second-order valence-electron chi connectivity index (χ2n) is 4.30. The number of methoxy groups -OCH3 is 3. The number of halogens is 1. The molecule has 1 unspecified atom stereocenters. The Morgan fingerprint density at radius 3 is 2.40 bits per heavy atom. The summed E-state index contributed by atoms with van der Waals surface area (Å²) in [6.07, 6.45) is 1.61. The number of benzene rings is 1. The van der Waals surface area contributed by atoms with E-state index in [0.717, 1.165) is 5.56 Å². The molecule has 1 aromatic carbocycles. The van der Waals surface area contributed by atoms with Gasteiger partial charge in [-0.15, -0.1) is 0 Å². The molecule has 0 aliphatic rings. The van der Waals surface area contributed by atoms with E-state index in [-0.39, 0.29) is 12.0 Å². The quantitative estimate of drug-likeness (QED) is 0.784. The summed E-state index contributed by atoms with van der Waals surface area (Å²) < 4.78 is 15.0. The fourth-order valence-corrected chi connectivity index (χ4v) is 2.17. The highest BCUT2D eigenvalue weighted by Gasteiger charge is 2.15. The normalized spacial score (nSPS) is 11.8. The molecule has 20 heavy (non-hydrogen) atoms. The van der Waals surface area contributed by atoms with Crippen molar-refractivity contribution in [3.8, 4) is 11.5 Å². The fraction of sp³-hybridized carbons (Fsp3) is 0.500. The maximum Gasteiger partial charge on any atom is 0.305 e. The average molecular weight is 302 g/mol. The van der Waals surface area contributed by atoms with Gasteiger partial charge in [0.2, 0.25) is 0 Å². The Hall–Kier alpha value is -1.46. The van der Waals surface area contributed by atoms with Crippen molar-refractivity contribution >= 4 is 17.6 Å². The van der Waals surface area contributed by atoms with Crippen molar-refractivity contribution in [2.24, 2.45) is 5.73 Å². The van der Waals surface area contributed by atoms with Crippen molar-refractivity contribution in [2.75, 3.05) is 21.3 Å². The predicted octanol–water partition coefficient (Wildman–Crippen LogP) is 2.70. The van der Waals surface area contributed by atoms with E-state index in [9.17, 15) is 4.79 Å². The van der Waals surface area contributed by atoms with Gasteiger partial charge in [-0.3, -0.25) is 4.79 Å². The van der Waals surface area contributed by atoms with Crippen molar-refractivity contribution < 1.29 is 19.0 Å². The van der Waals surface area contributed by atoms with Crippen LogP contribution < -0.4 is 15.2 Å². The van der Waals surface area contributed by atoms with E-state index >= 15 is 0 Å². The molecule has 1 rings (SSSR count). The molecule has 0 spiro atoms. The van der Waals surface area contributed by atoms with E-state index in [1.165, 1.54) is 7.11 Å². The Bertz CT molecular complexity index is 465. The van der Waals surface area contributed by atoms with Crippen LogP contribution in [0.1, 0.15) is 30.9 Å². The summed E-state index contributed by atoms with van der Waals surface area (Å²) in [5.74, 6) is 0.897. The molecular formula is C14H20ClNO4. The molecule has 112 valence electrons. The molecule has 0 amide bonds. The highest BCUT2D eigenvalue weighted by molar-refractivity contribution is 6.31. The highest BCUT2D eigenvalue weighted by atomic mass is 35.5. The van der Waals surface area contributed by atoms with Gasteiger partial charge in [-0.05, 0) is 24.5 Å². The zero-order valence-corrected chi connectivity index (χ0v) is 12.7. The van der Waals surface area contributed by atoms with Crippen LogP contribution in [0.5, 0.6) is 11.5 Å². The smallest absolute Gasteiger partial charge is 0.305 e.